The molecule has 0 unspecified atom stereocenters. The van der Waals surface area contributed by atoms with Crippen molar-refractivity contribution in [1.29, 1.82) is 0 Å². The summed E-state index contributed by atoms with van der Waals surface area (Å²) >= 11 is 0. The van der Waals surface area contributed by atoms with Crippen LogP contribution in [-0.4, -0.2) is 61.1 Å². The van der Waals surface area contributed by atoms with Crippen molar-refractivity contribution >= 4 is 5.91 Å². The topological polar surface area (TPSA) is 58.8 Å². The van der Waals surface area contributed by atoms with Crippen molar-refractivity contribution in [3.05, 3.63) is 77.4 Å². The molecule has 2 aromatic carbocycles. The Kier molecular flexibility index (Phi) is 9.81. The van der Waals surface area contributed by atoms with E-state index in [1.807, 2.05) is 0 Å². The van der Waals surface area contributed by atoms with Crippen molar-refractivity contribution in [3.63, 3.8) is 0 Å². The number of nitrogens with two attached hydrogens (primary N) is 1. The Morgan fingerprint density at radius 3 is 2.76 bits per heavy atom. The highest BCUT2D eigenvalue weighted by Gasteiger charge is 2.42. The van der Waals surface area contributed by atoms with Crippen LogP contribution in [0.25, 0.3) is 0 Å². The second-order valence-electron chi connectivity index (χ2n) is 10.7. The first kappa shape index (κ1) is 27.4. The van der Waals surface area contributed by atoms with E-state index in [0.717, 1.165) is 70.5 Å². The van der Waals surface area contributed by atoms with Gasteiger partial charge in [-0.1, -0.05) is 55.8 Å². The number of hydrogen-bond acceptors (Lipinski definition) is 4. The maximum absolute atomic E-state index is 13.7. The Bertz CT molecular complexity index is 1050. The number of unbranched alkanes of at least 4 members (excludes halogenated alkanes) is 2. The molecule has 2 aromatic rings. The number of nitrogens with zero attached hydrogens (tertiary/aromatic N) is 2. The lowest BCUT2D eigenvalue weighted by molar-refractivity contribution is -0.132. The van der Waals surface area contributed by atoms with Crippen LogP contribution in [0, 0.1) is 12.8 Å². The van der Waals surface area contributed by atoms with Crippen LogP contribution in [-0.2, 0) is 17.6 Å². The van der Waals surface area contributed by atoms with Gasteiger partial charge in [0.25, 0.3) is 0 Å². The van der Waals surface area contributed by atoms with E-state index in [1.54, 1.807) is 0 Å². The first-order valence-corrected chi connectivity index (χ1v) is 14.2. The number of rotatable bonds is 13. The predicted octanol–water partition coefficient (Wildman–Crippen LogP) is 5.11. The minimum absolute atomic E-state index is 0.231. The highest BCUT2D eigenvalue weighted by atomic mass is 16.5. The molecular formula is C32H45N3O2. The summed E-state index contributed by atoms with van der Waals surface area (Å²) in [5, 5.41) is 0. The van der Waals surface area contributed by atoms with Gasteiger partial charge in [0.2, 0.25) is 5.91 Å². The van der Waals surface area contributed by atoms with Gasteiger partial charge in [-0.3, -0.25) is 9.69 Å². The van der Waals surface area contributed by atoms with Crippen molar-refractivity contribution in [2.75, 3.05) is 39.3 Å². The third-order valence-corrected chi connectivity index (χ3v) is 8.27. The SMILES string of the molecule is C=C[C@@H]1[C@@H](c2ccc3c(c2)CCO3)CN(CC(=O)N(CCCC)CCCCN)[C@H]1Cc1ccccc1C. The lowest BCUT2D eigenvalue weighted by Crippen LogP contribution is -2.44. The molecular weight excluding hydrogens is 458 g/mol. The summed E-state index contributed by atoms with van der Waals surface area (Å²) in [5.41, 5.74) is 11.0. The van der Waals surface area contributed by atoms with Crippen molar-refractivity contribution < 1.29 is 9.53 Å². The number of amides is 1. The number of hydrogen-bond donors (Lipinski definition) is 1. The molecule has 5 nitrogen and oxygen atoms in total. The number of likely N-dealkylation sites (tertiary alicyclic amines) is 1. The quantitative estimate of drug-likeness (QED) is 0.305. The summed E-state index contributed by atoms with van der Waals surface area (Å²) in [4.78, 5) is 18.2. The predicted molar refractivity (Wildman–Crippen MR) is 152 cm³/mol. The Labute approximate surface area is 223 Å². The van der Waals surface area contributed by atoms with E-state index in [4.69, 9.17) is 10.5 Å². The van der Waals surface area contributed by atoms with Crippen molar-refractivity contribution in [2.24, 2.45) is 11.7 Å². The number of aryl methyl sites for hydroxylation is 1. The molecule has 1 amide bonds. The van der Waals surface area contributed by atoms with Crippen LogP contribution < -0.4 is 10.5 Å². The molecule has 0 radical (unpaired) electrons. The average Bonchev–Trinajstić information content (AvgIpc) is 3.51. The smallest absolute Gasteiger partial charge is 0.236 e. The molecule has 0 bridgehead atoms. The minimum Gasteiger partial charge on any atom is -0.493 e. The molecule has 2 aliphatic heterocycles. The van der Waals surface area contributed by atoms with Crippen LogP contribution >= 0.6 is 0 Å². The summed E-state index contributed by atoms with van der Waals surface area (Å²) in [6.07, 6.45) is 8.07. The van der Waals surface area contributed by atoms with Crippen LogP contribution in [0.5, 0.6) is 5.75 Å². The molecule has 5 heteroatoms. The molecule has 1 saturated heterocycles. The number of benzene rings is 2. The fourth-order valence-corrected chi connectivity index (χ4v) is 6.05. The average molecular weight is 504 g/mol. The van der Waals surface area contributed by atoms with Crippen molar-refractivity contribution in [3.8, 4) is 5.75 Å². The molecule has 2 heterocycles. The fraction of sp³-hybridized carbons (Fsp3) is 0.531. The summed E-state index contributed by atoms with van der Waals surface area (Å²) in [6, 6.07) is 15.6. The molecule has 37 heavy (non-hydrogen) atoms. The van der Waals surface area contributed by atoms with Crippen LogP contribution in [0.15, 0.2) is 55.1 Å². The van der Waals surface area contributed by atoms with Gasteiger partial charge in [0.15, 0.2) is 0 Å². The second kappa shape index (κ2) is 13.3. The van der Waals surface area contributed by atoms with E-state index < -0.39 is 0 Å². The number of fused-ring (bicyclic) bond motifs is 1. The van der Waals surface area contributed by atoms with E-state index in [0.29, 0.717) is 19.0 Å². The molecule has 0 spiro atoms. The molecule has 1 fully saturated rings. The van der Waals surface area contributed by atoms with Crippen molar-refractivity contribution in [2.45, 2.75) is 64.3 Å². The standard InChI is InChI=1S/C32H45N3O2/c1-4-6-17-34(18-10-9-16-33)32(36)23-35-22-29(26-13-14-31-27(20-26)15-19-37-31)28(5-2)30(35)21-25-12-8-7-11-24(25)3/h5,7-8,11-14,20,28-30H,2,4,6,9-10,15-19,21-23,33H2,1,3H3/t28-,29-,30+/m1/s1. The molecule has 0 saturated carbocycles. The lowest BCUT2D eigenvalue weighted by Gasteiger charge is -2.30. The first-order chi connectivity index (χ1) is 18.0. The number of carbonyl (C=O) groups excluding carboxylic acids is 1. The minimum atomic E-state index is 0.231. The molecule has 2 N–H and O–H groups in total. The highest BCUT2D eigenvalue weighted by molar-refractivity contribution is 5.78. The fourth-order valence-electron chi connectivity index (χ4n) is 6.05. The maximum atomic E-state index is 13.7. The lowest BCUT2D eigenvalue weighted by atomic mass is 9.82. The highest BCUT2D eigenvalue weighted by Crippen LogP contribution is 2.41. The van der Waals surface area contributed by atoms with E-state index >= 15 is 0 Å². The van der Waals surface area contributed by atoms with Gasteiger partial charge < -0.3 is 15.4 Å². The van der Waals surface area contributed by atoms with Crippen molar-refractivity contribution in [1.82, 2.24) is 9.80 Å². The summed E-state index contributed by atoms with van der Waals surface area (Å²) in [6.45, 7) is 13.0. The van der Waals surface area contributed by atoms with Gasteiger partial charge in [-0.05, 0) is 67.5 Å². The summed E-state index contributed by atoms with van der Waals surface area (Å²) in [7, 11) is 0. The number of ether oxygens (including phenoxy) is 1. The zero-order chi connectivity index (χ0) is 26.2. The number of carbonyl (C=O) groups is 1. The molecule has 200 valence electrons. The Morgan fingerprint density at radius 2 is 2.00 bits per heavy atom. The summed E-state index contributed by atoms with van der Waals surface area (Å²) in [5.74, 6) is 1.84. The van der Waals surface area contributed by atoms with Gasteiger partial charge in [0.1, 0.15) is 5.75 Å². The van der Waals surface area contributed by atoms with Gasteiger partial charge >= 0.3 is 0 Å². The van der Waals surface area contributed by atoms with E-state index in [1.165, 1.54) is 22.3 Å². The molecule has 4 rings (SSSR count). The molecule has 3 atom stereocenters. The third-order valence-electron chi connectivity index (χ3n) is 8.27. The Balaban J connectivity index is 1.59. The van der Waals surface area contributed by atoms with Gasteiger partial charge in [-0.15, -0.1) is 6.58 Å². The van der Waals surface area contributed by atoms with Crippen LogP contribution in [0.2, 0.25) is 0 Å². The van der Waals surface area contributed by atoms with Gasteiger partial charge in [-0.2, -0.15) is 0 Å². The normalized spacial score (nSPS) is 21.0. The summed E-state index contributed by atoms with van der Waals surface area (Å²) < 4.78 is 5.77. The van der Waals surface area contributed by atoms with Crippen LogP contribution in [0.1, 0.15) is 60.8 Å². The van der Waals surface area contributed by atoms with Crippen LogP contribution in [0.3, 0.4) is 0 Å². The maximum Gasteiger partial charge on any atom is 0.236 e. The zero-order valence-electron chi connectivity index (χ0n) is 22.8. The molecule has 0 aliphatic carbocycles. The van der Waals surface area contributed by atoms with Crippen LogP contribution in [0.4, 0.5) is 0 Å². The van der Waals surface area contributed by atoms with Gasteiger partial charge in [-0.25, -0.2) is 0 Å². The monoisotopic (exact) mass is 503 g/mol. The molecule has 2 aliphatic rings. The van der Waals surface area contributed by atoms with Gasteiger partial charge in [0.05, 0.1) is 13.2 Å². The first-order valence-electron chi connectivity index (χ1n) is 14.2. The Morgan fingerprint density at radius 1 is 1.19 bits per heavy atom. The Hall–Kier alpha value is -2.63. The van der Waals surface area contributed by atoms with E-state index in [2.05, 4.69) is 78.8 Å². The zero-order valence-corrected chi connectivity index (χ0v) is 22.8. The third kappa shape index (κ3) is 6.63. The van der Waals surface area contributed by atoms with Gasteiger partial charge in [0, 0.05) is 43.9 Å². The van der Waals surface area contributed by atoms with E-state index in [9.17, 15) is 4.79 Å². The second-order valence-corrected chi connectivity index (χ2v) is 10.7. The largest absolute Gasteiger partial charge is 0.493 e. The molecule has 0 aromatic heterocycles. The van der Waals surface area contributed by atoms with E-state index in [-0.39, 0.29) is 17.9 Å².